The molecule has 4 aromatic rings. The molecule has 0 atom stereocenters. The van der Waals surface area contributed by atoms with Crippen molar-refractivity contribution in [2.75, 3.05) is 0 Å². The van der Waals surface area contributed by atoms with Crippen LogP contribution in [0.2, 0.25) is 0 Å². The van der Waals surface area contributed by atoms with Crippen LogP contribution in [0, 0.1) is 19.4 Å². The van der Waals surface area contributed by atoms with Crippen LogP contribution in [0.25, 0.3) is 38.0 Å². The smallest absolute Gasteiger partial charge is 0.216 e. The third kappa shape index (κ3) is 2.88. The molecule has 4 rings (SSSR count). The van der Waals surface area contributed by atoms with E-state index in [1.807, 2.05) is 31.4 Å². The van der Waals surface area contributed by atoms with Crippen LogP contribution in [0.3, 0.4) is 0 Å². The monoisotopic (exact) mass is 355 g/mol. The Labute approximate surface area is 159 Å². The highest BCUT2D eigenvalue weighted by molar-refractivity contribution is 6.10. The Bertz CT molecular complexity index is 1210. The summed E-state index contributed by atoms with van der Waals surface area (Å²) in [5.41, 5.74) is 6.95. The molecule has 0 aliphatic heterocycles. The van der Waals surface area contributed by atoms with Gasteiger partial charge in [0, 0.05) is 22.9 Å². The summed E-state index contributed by atoms with van der Waals surface area (Å²) >= 11 is 0. The quantitative estimate of drug-likeness (QED) is 0.320. The highest BCUT2D eigenvalue weighted by atomic mass is 16.3. The standard InChI is InChI=1S/C24H23N2O/c1-15(2)12-17-13-22-19(14-20(17)25-4)18-10-9-16(3)23(24(18)27-22)21-8-6-7-11-26(21)5/h6-11,13-15H,12H2,1-3,5H3/q+1. The molecule has 2 heterocycles. The zero-order valence-corrected chi connectivity index (χ0v) is 16.2. The summed E-state index contributed by atoms with van der Waals surface area (Å²) in [6, 6.07) is 14.5. The Morgan fingerprint density at radius 1 is 1.11 bits per heavy atom. The van der Waals surface area contributed by atoms with Crippen molar-refractivity contribution in [2.24, 2.45) is 13.0 Å². The number of nitrogens with zero attached hydrogens (tertiary/aromatic N) is 2. The molecule has 0 fully saturated rings. The zero-order valence-electron chi connectivity index (χ0n) is 16.2. The van der Waals surface area contributed by atoms with Crippen LogP contribution in [0.5, 0.6) is 0 Å². The fourth-order valence-corrected chi connectivity index (χ4v) is 3.82. The van der Waals surface area contributed by atoms with Gasteiger partial charge in [-0.3, -0.25) is 0 Å². The molecule has 0 aliphatic carbocycles. The van der Waals surface area contributed by atoms with E-state index < -0.39 is 0 Å². The minimum absolute atomic E-state index is 0.494. The van der Waals surface area contributed by atoms with E-state index in [-0.39, 0.29) is 0 Å². The number of furan rings is 1. The average molecular weight is 355 g/mol. The molecule has 0 aliphatic rings. The first kappa shape index (κ1) is 17.3. The summed E-state index contributed by atoms with van der Waals surface area (Å²) in [5, 5.41) is 2.08. The van der Waals surface area contributed by atoms with E-state index in [1.165, 1.54) is 5.56 Å². The molecule has 3 heteroatoms. The fraction of sp³-hybridized carbons (Fsp3) is 0.250. The summed E-state index contributed by atoms with van der Waals surface area (Å²) in [6.07, 6.45) is 2.93. The van der Waals surface area contributed by atoms with Gasteiger partial charge in [0.1, 0.15) is 18.2 Å². The second kappa shape index (κ2) is 6.55. The molecule has 0 saturated carbocycles. The molecular weight excluding hydrogens is 332 g/mol. The van der Waals surface area contributed by atoms with Crippen LogP contribution >= 0.6 is 0 Å². The average Bonchev–Trinajstić information content (AvgIpc) is 2.98. The number of fused-ring (bicyclic) bond motifs is 3. The molecule has 0 radical (unpaired) electrons. The maximum atomic E-state index is 7.60. The van der Waals surface area contributed by atoms with E-state index in [9.17, 15) is 0 Å². The van der Waals surface area contributed by atoms with Gasteiger partial charge in [0.2, 0.25) is 5.69 Å². The van der Waals surface area contributed by atoms with E-state index in [0.717, 1.165) is 50.9 Å². The first-order valence-corrected chi connectivity index (χ1v) is 9.31. The number of rotatable bonds is 3. The number of hydrogen-bond donors (Lipinski definition) is 0. The molecule has 0 saturated heterocycles. The fourth-order valence-electron chi connectivity index (χ4n) is 3.82. The van der Waals surface area contributed by atoms with Crippen LogP contribution in [0.4, 0.5) is 5.69 Å². The molecule has 0 amide bonds. The van der Waals surface area contributed by atoms with Gasteiger partial charge in [0.25, 0.3) is 0 Å². The molecule has 134 valence electrons. The van der Waals surface area contributed by atoms with E-state index in [0.29, 0.717) is 5.92 Å². The largest absolute Gasteiger partial charge is 0.455 e. The van der Waals surface area contributed by atoms with Gasteiger partial charge in [0.05, 0.1) is 12.1 Å². The van der Waals surface area contributed by atoms with Crippen LogP contribution in [0.15, 0.2) is 53.1 Å². The maximum absolute atomic E-state index is 7.60. The highest BCUT2D eigenvalue weighted by Crippen LogP contribution is 2.39. The number of benzene rings is 2. The van der Waals surface area contributed by atoms with Gasteiger partial charge in [-0.25, -0.2) is 9.41 Å². The van der Waals surface area contributed by atoms with Gasteiger partial charge in [-0.1, -0.05) is 26.0 Å². The molecule has 0 spiro atoms. The Hall–Kier alpha value is -3.12. The predicted octanol–water partition coefficient (Wildman–Crippen LogP) is 6.14. The SMILES string of the molecule is [C-]#[N+]c1cc2c(cc1CC(C)C)oc1c(-c3cccc[n+]3C)c(C)ccc12. The topological polar surface area (TPSA) is 21.4 Å². The Morgan fingerprint density at radius 3 is 2.63 bits per heavy atom. The maximum Gasteiger partial charge on any atom is 0.216 e. The van der Waals surface area contributed by atoms with Crippen molar-refractivity contribution >= 4 is 27.6 Å². The molecule has 2 aromatic heterocycles. The number of aromatic nitrogens is 1. The van der Waals surface area contributed by atoms with Crippen molar-refractivity contribution in [1.82, 2.24) is 0 Å². The summed E-state index contributed by atoms with van der Waals surface area (Å²) in [5.74, 6) is 0.494. The minimum atomic E-state index is 0.494. The van der Waals surface area contributed by atoms with Crippen molar-refractivity contribution in [3.8, 4) is 11.3 Å². The van der Waals surface area contributed by atoms with Gasteiger partial charge in [-0.05, 0) is 48.6 Å². The highest BCUT2D eigenvalue weighted by Gasteiger charge is 2.21. The van der Waals surface area contributed by atoms with Crippen molar-refractivity contribution in [2.45, 2.75) is 27.2 Å². The molecule has 0 unspecified atom stereocenters. The third-order valence-corrected chi connectivity index (χ3v) is 5.11. The van der Waals surface area contributed by atoms with E-state index in [1.54, 1.807) is 0 Å². The van der Waals surface area contributed by atoms with Gasteiger partial charge in [-0.2, -0.15) is 0 Å². The Kier molecular flexibility index (Phi) is 4.20. The molecule has 0 bridgehead atoms. The lowest BCUT2D eigenvalue weighted by atomic mass is 9.98. The van der Waals surface area contributed by atoms with Gasteiger partial charge < -0.3 is 4.42 Å². The lowest BCUT2D eigenvalue weighted by molar-refractivity contribution is -0.660. The summed E-state index contributed by atoms with van der Waals surface area (Å²) in [6.45, 7) is 14.1. The van der Waals surface area contributed by atoms with Crippen molar-refractivity contribution in [3.63, 3.8) is 0 Å². The van der Waals surface area contributed by atoms with E-state index in [2.05, 4.69) is 54.4 Å². The summed E-state index contributed by atoms with van der Waals surface area (Å²) in [7, 11) is 2.05. The number of pyridine rings is 1. The zero-order chi connectivity index (χ0) is 19.1. The second-order valence-corrected chi connectivity index (χ2v) is 7.62. The normalized spacial score (nSPS) is 11.4. The van der Waals surface area contributed by atoms with Gasteiger partial charge in [0.15, 0.2) is 11.9 Å². The van der Waals surface area contributed by atoms with E-state index in [4.69, 9.17) is 11.0 Å². The van der Waals surface area contributed by atoms with Crippen LogP contribution in [0.1, 0.15) is 25.0 Å². The summed E-state index contributed by atoms with van der Waals surface area (Å²) < 4.78 is 8.49. The second-order valence-electron chi connectivity index (χ2n) is 7.62. The van der Waals surface area contributed by atoms with E-state index >= 15 is 0 Å². The van der Waals surface area contributed by atoms with Crippen molar-refractivity contribution in [3.05, 3.63) is 71.2 Å². The molecule has 3 nitrogen and oxygen atoms in total. The lowest BCUT2D eigenvalue weighted by Gasteiger charge is -2.07. The molecule has 27 heavy (non-hydrogen) atoms. The van der Waals surface area contributed by atoms with Crippen LogP contribution < -0.4 is 4.57 Å². The minimum Gasteiger partial charge on any atom is -0.455 e. The molecule has 2 aromatic carbocycles. The van der Waals surface area contributed by atoms with Crippen LogP contribution in [-0.2, 0) is 13.5 Å². The first-order chi connectivity index (χ1) is 13.0. The van der Waals surface area contributed by atoms with Crippen LogP contribution in [-0.4, -0.2) is 0 Å². The Morgan fingerprint density at radius 2 is 1.93 bits per heavy atom. The third-order valence-electron chi connectivity index (χ3n) is 5.11. The molecule has 0 N–H and O–H groups in total. The first-order valence-electron chi connectivity index (χ1n) is 9.31. The molecular formula is C24H23N2O+. The van der Waals surface area contributed by atoms with Crippen molar-refractivity contribution < 1.29 is 8.98 Å². The van der Waals surface area contributed by atoms with Crippen molar-refractivity contribution in [1.29, 1.82) is 0 Å². The number of hydrogen-bond acceptors (Lipinski definition) is 1. The summed E-state index contributed by atoms with van der Waals surface area (Å²) in [4.78, 5) is 3.78. The number of aryl methyl sites for hydroxylation is 2. The predicted molar refractivity (Wildman–Crippen MR) is 110 cm³/mol. The van der Waals surface area contributed by atoms with Gasteiger partial charge >= 0.3 is 0 Å². The van der Waals surface area contributed by atoms with Gasteiger partial charge in [-0.15, -0.1) is 0 Å². The lowest BCUT2D eigenvalue weighted by Crippen LogP contribution is -2.30. The Balaban J connectivity index is 2.06.